The summed E-state index contributed by atoms with van der Waals surface area (Å²) in [6.45, 7) is 4.22. The van der Waals surface area contributed by atoms with Crippen molar-refractivity contribution in [2.45, 2.75) is 25.8 Å². The van der Waals surface area contributed by atoms with Crippen molar-refractivity contribution in [1.29, 1.82) is 0 Å². The Bertz CT molecular complexity index is 461. The largest absolute Gasteiger partial charge is 0.379 e. The molecular weight excluding hydrogens is 200 g/mol. The summed E-state index contributed by atoms with van der Waals surface area (Å²) >= 11 is 0. The van der Waals surface area contributed by atoms with Crippen LogP contribution in [0.2, 0.25) is 0 Å². The van der Waals surface area contributed by atoms with Crippen LogP contribution < -0.4 is 11.1 Å². The number of amides is 1. The number of hydrogen-bond acceptors (Lipinski definition) is 2. The minimum absolute atomic E-state index is 0.0460. The van der Waals surface area contributed by atoms with Gasteiger partial charge in [0.1, 0.15) is 0 Å². The van der Waals surface area contributed by atoms with E-state index in [-0.39, 0.29) is 5.54 Å². The van der Waals surface area contributed by atoms with Gasteiger partial charge in [0, 0.05) is 22.9 Å². The number of nitrogens with two attached hydrogens (primary N) is 1. The Kier molecular flexibility index (Phi) is 2.46. The molecular formula is C13H16N2O. The fraction of sp³-hybridized carbons (Fsp3) is 0.308. The van der Waals surface area contributed by atoms with Crippen molar-refractivity contribution in [1.82, 2.24) is 5.32 Å². The molecule has 1 heterocycles. The maximum Gasteiger partial charge on any atom is 0.243 e. The van der Waals surface area contributed by atoms with Gasteiger partial charge in [-0.2, -0.15) is 0 Å². The Morgan fingerprint density at radius 3 is 2.81 bits per heavy atom. The number of rotatable bonds is 1. The number of hydrogen-bond donors (Lipinski definition) is 2. The van der Waals surface area contributed by atoms with Gasteiger partial charge in [-0.3, -0.25) is 4.79 Å². The van der Waals surface area contributed by atoms with Crippen molar-refractivity contribution >= 4 is 11.6 Å². The van der Waals surface area contributed by atoms with Crippen molar-refractivity contribution in [3.63, 3.8) is 0 Å². The van der Waals surface area contributed by atoms with Gasteiger partial charge < -0.3 is 11.1 Å². The van der Waals surface area contributed by atoms with Gasteiger partial charge in [0.15, 0.2) is 0 Å². The highest BCUT2D eigenvalue weighted by Gasteiger charge is 2.27. The van der Waals surface area contributed by atoms with E-state index in [1.807, 2.05) is 18.2 Å². The fourth-order valence-electron chi connectivity index (χ4n) is 2.15. The summed E-state index contributed by atoms with van der Waals surface area (Å²) < 4.78 is 0. The predicted molar refractivity (Wildman–Crippen MR) is 64.5 cm³/mol. The highest BCUT2D eigenvalue weighted by atomic mass is 16.1. The summed E-state index contributed by atoms with van der Waals surface area (Å²) in [6, 6.07) is 8.08. The van der Waals surface area contributed by atoms with Gasteiger partial charge in [-0.25, -0.2) is 0 Å². The maximum atomic E-state index is 11.0. The Balaban J connectivity index is 2.52. The van der Waals surface area contributed by atoms with E-state index in [0.29, 0.717) is 0 Å². The molecule has 1 aliphatic heterocycles. The molecule has 1 aliphatic rings. The molecule has 3 N–H and O–H groups in total. The smallest absolute Gasteiger partial charge is 0.243 e. The van der Waals surface area contributed by atoms with E-state index in [0.717, 1.165) is 17.7 Å². The van der Waals surface area contributed by atoms with Crippen LogP contribution in [-0.2, 0) is 11.2 Å². The highest BCUT2D eigenvalue weighted by Crippen LogP contribution is 2.28. The van der Waals surface area contributed by atoms with Gasteiger partial charge in [-0.05, 0) is 25.8 Å². The number of fused-ring (bicyclic) bond motifs is 1. The lowest BCUT2D eigenvalue weighted by Crippen LogP contribution is -2.44. The molecule has 84 valence electrons. The third-order valence-corrected chi connectivity index (χ3v) is 2.70. The Labute approximate surface area is 95.3 Å². The minimum atomic E-state index is -0.421. The molecule has 0 unspecified atom stereocenters. The first kappa shape index (κ1) is 10.7. The number of carbonyl (C=O) groups is 1. The molecule has 1 aromatic rings. The molecule has 0 aromatic heterocycles. The molecule has 2 rings (SSSR count). The molecule has 0 fully saturated rings. The SMILES string of the molecule is CC1(C)Cc2ccccc2C(=CC(N)=O)N1. The highest BCUT2D eigenvalue weighted by molar-refractivity contribution is 5.94. The number of benzene rings is 1. The summed E-state index contributed by atoms with van der Waals surface area (Å²) in [4.78, 5) is 11.0. The molecule has 0 saturated heterocycles. The van der Waals surface area contributed by atoms with E-state index >= 15 is 0 Å². The Morgan fingerprint density at radius 1 is 1.44 bits per heavy atom. The normalized spacial score (nSPS) is 20.0. The van der Waals surface area contributed by atoms with Crippen LogP contribution in [0.15, 0.2) is 30.3 Å². The lowest BCUT2D eigenvalue weighted by atomic mass is 9.86. The van der Waals surface area contributed by atoms with Gasteiger partial charge in [0.05, 0.1) is 0 Å². The van der Waals surface area contributed by atoms with E-state index in [1.54, 1.807) is 0 Å². The van der Waals surface area contributed by atoms with E-state index in [1.165, 1.54) is 11.6 Å². The van der Waals surface area contributed by atoms with Crippen LogP contribution in [0.4, 0.5) is 0 Å². The van der Waals surface area contributed by atoms with Crippen LogP contribution in [0.5, 0.6) is 0 Å². The van der Waals surface area contributed by atoms with Crippen LogP contribution in [0.3, 0.4) is 0 Å². The molecule has 3 heteroatoms. The maximum absolute atomic E-state index is 11.0. The molecule has 16 heavy (non-hydrogen) atoms. The Hall–Kier alpha value is -1.77. The summed E-state index contributed by atoms with van der Waals surface area (Å²) in [6.07, 6.45) is 2.40. The van der Waals surface area contributed by atoms with E-state index < -0.39 is 5.91 Å². The average molecular weight is 216 g/mol. The zero-order valence-corrected chi connectivity index (χ0v) is 9.58. The summed E-state index contributed by atoms with van der Waals surface area (Å²) in [5, 5.41) is 3.34. The minimum Gasteiger partial charge on any atom is -0.379 e. The molecule has 0 spiro atoms. The van der Waals surface area contributed by atoms with Crippen molar-refractivity contribution in [3.8, 4) is 0 Å². The van der Waals surface area contributed by atoms with Gasteiger partial charge >= 0.3 is 0 Å². The number of nitrogens with one attached hydrogen (secondary N) is 1. The molecule has 0 aliphatic carbocycles. The van der Waals surface area contributed by atoms with Crippen LogP contribution >= 0.6 is 0 Å². The molecule has 1 aromatic carbocycles. The second kappa shape index (κ2) is 3.67. The summed E-state index contributed by atoms with van der Waals surface area (Å²) in [5.74, 6) is -0.421. The Morgan fingerprint density at radius 2 is 2.12 bits per heavy atom. The predicted octanol–water partition coefficient (Wildman–Crippen LogP) is 1.44. The van der Waals surface area contributed by atoms with E-state index in [2.05, 4.69) is 25.2 Å². The molecule has 0 atom stereocenters. The monoisotopic (exact) mass is 216 g/mol. The van der Waals surface area contributed by atoms with Crippen molar-refractivity contribution in [3.05, 3.63) is 41.5 Å². The fourth-order valence-corrected chi connectivity index (χ4v) is 2.15. The van der Waals surface area contributed by atoms with Crippen molar-refractivity contribution in [2.75, 3.05) is 0 Å². The van der Waals surface area contributed by atoms with Crippen LogP contribution in [0.25, 0.3) is 5.70 Å². The quantitative estimate of drug-likeness (QED) is 0.698. The van der Waals surface area contributed by atoms with Crippen LogP contribution in [0.1, 0.15) is 25.0 Å². The standard InChI is InChI=1S/C13H16N2O/c1-13(2)8-9-5-3-4-6-10(9)11(15-13)7-12(14)16/h3-7,15H,8H2,1-2H3,(H2,14,16). The van der Waals surface area contributed by atoms with Crippen LogP contribution in [-0.4, -0.2) is 11.4 Å². The van der Waals surface area contributed by atoms with Gasteiger partial charge in [-0.1, -0.05) is 24.3 Å². The number of primary amides is 1. The molecule has 3 nitrogen and oxygen atoms in total. The van der Waals surface area contributed by atoms with E-state index in [4.69, 9.17) is 5.73 Å². The van der Waals surface area contributed by atoms with Crippen LogP contribution in [0, 0.1) is 0 Å². The summed E-state index contributed by atoms with van der Waals surface area (Å²) in [5.41, 5.74) is 8.31. The first-order valence-corrected chi connectivity index (χ1v) is 5.35. The molecule has 0 radical (unpaired) electrons. The molecule has 0 saturated carbocycles. The van der Waals surface area contributed by atoms with Gasteiger partial charge in [0.25, 0.3) is 0 Å². The first-order chi connectivity index (χ1) is 7.48. The molecule has 1 amide bonds. The van der Waals surface area contributed by atoms with Crippen molar-refractivity contribution in [2.24, 2.45) is 5.73 Å². The third-order valence-electron chi connectivity index (χ3n) is 2.70. The zero-order valence-electron chi connectivity index (χ0n) is 9.58. The lowest BCUT2D eigenvalue weighted by Gasteiger charge is -2.35. The first-order valence-electron chi connectivity index (χ1n) is 5.35. The zero-order chi connectivity index (χ0) is 11.8. The lowest BCUT2D eigenvalue weighted by molar-refractivity contribution is -0.113. The molecule has 0 bridgehead atoms. The van der Waals surface area contributed by atoms with E-state index in [9.17, 15) is 4.79 Å². The summed E-state index contributed by atoms with van der Waals surface area (Å²) in [7, 11) is 0. The third kappa shape index (κ3) is 2.08. The number of carbonyl (C=O) groups excluding carboxylic acids is 1. The second-order valence-corrected chi connectivity index (χ2v) is 4.80. The topological polar surface area (TPSA) is 55.1 Å². The second-order valence-electron chi connectivity index (χ2n) is 4.80. The van der Waals surface area contributed by atoms with Gasteiger partial charge in [0.2, 0.25) is 5.91 Å². The van der Waals surface area contributed by atoms with Gasteiger partial charge in [-0.15, -0.1) is 0 Å². The average Bonchev–Trinajstić information content (AvgIpc) is 2.14. The van der Waals surface area contributed by atoms with Crippen molar-refractivity contribution < 1.29 is 4.79 Å².